The van der Waals surface area contributed by atoms with Crippen LogP contribution in [0.1, 0.15) is 56.7 Å². The summed E-state index contributed by atoms with van der Waals surface area (Å²) in [7, 11) is 0. The van der Waals surface area contributed by atoms with Crippen molar-refractivity contribution in [1.29, 1.82) is 0 Å². The van der Waals surface area contributed by atoms with Crippen LogP contribution in [0.25, 0.3) is 10.9 Å². The highest BCUT2D eigenvalue weighted by molar-refractivity contribution is 5.89. The molecule has 2 aromatic heterocycles. The number of hydrogen-bond donors (Lipinski definition) is 2. The molecule has 1 aromatic carbocycles. The SMILES string of the molecule is C[C@H](NC(=O)[C@@H]1CC[C@@H](C2(c3ccccc3)CC2)C1)C(=O)CCc1cc2cnccc2[nH]1. The zero-order valence-corrected chi connectivity index (χ0v) is 18.6. The predicted octanol–water partition coefficient (Wildman–Crippen LogP) is 4.72. The summed E-state index contributed by atoms with van der Waals surface area (Å²) in [5.41, 5.74) is 3.77. The van der Waals surface area contributed by atoms with Crippen molar-refractivity contribution in [2.45, 2.75) is 63.3 Å². The summed E-state index contributed by atoms with van der Waals surface area (Å²) in [5.74, 6) is 0.724. The Morgan fingerprint density at radius 3 is 2.75 bits per heavy atom. The van der Waals surface area contributed by atoms with Gasteiger partial charge in [-0.2, -0.15) is 0 Å². The summed E-state index contributed by atoms with van der Waals surface area (Å²) in [4.78, 5) is 33.0. The fraction of sp³-hybridized carbons (Fsp3) is 0.444. The zero-order valence-electron chi connectivity index (χ0n) is 18.6. The average Bonchev–Trinajstić information content (AvgIpc) is 3.28. The van der Waals surface area contributed by atoms with Gasteiger partial charge < -0.3 is 10.3 Å². The highest BCUT2D eigenvalue weighted by Crippen LogP contribution is 2.59. The molecule has 0 unspecified atom stereocenters. The molecule has 0 aliphatic heterocycles. The number of hydrogen-bond acceptors (Lipinski definition) is 3. The van der Waals surface area contributed by atoms with Gasteiger partial charge in [-0.3, -0.25) is 14.6 Å². The van der Waals surface area contributed by atoms with Crippen LogP contribution in [-0.4, -0.2) is 27.7 Å². The van der Waals surface area contributed by atoms with Gasteiger partial charge in [0.1, 0.15) is 0 Å². The topological polar surface area (TPSA) is 74.8 Å². The highest BCUT2D eigenvalue weighted by atomic mass is 16.2. The van der Waals surface area contributed by atoms with Gasteiger partial charge in [-0.15, -0.1) is 0 Å². The van der Waals surface area contributed by atoms with Crippen LogP contribution in [0.2, 0.25) is 0 Å². The third kappa shape index (κ3) is 4.08. The molecule has 2 aliphatic carbocycles. The maximum atomic E-state index is 12.9. The molecular formula is C27H31N3O2. The maximum absolute atomic E-state index is 12.9. The maximum Gasteiger partial charge on any atom is 0.223 e. The Morgan fingerprint density at radius 2 is 2.00 bits per heavy atom. The van der Waals surface area contributed by atoms with Crippen LogP contribution in [0.3, 0.4) is 0 Å². The number of Topliss-reactive ketones (excluding diaryl/α,β-unsaturated/α-hetero) is 1. The molecule has 5 rings (SSSR count). The van der Waals surface area contributed by atoms with Crippen molar-refractivity contribution in [1.82, 2.24) is 15.3 Å². The lowest BCUT2D eigenvalue weighted by Gasteiger charge is -2.24. The number of fused-ring (bicyclic) bond motifs is 1. The molecule has 1 amide bonds. The molecule has 0 saturated heterocycles. The Kier molecular flexibility index (Phi) is 5.58. The molecule has 166 valence electrons. The summed E-state index contributed by atoms with van der Waals surface area (Å²) in [6.45, 7) is 1.81. The zero-order chi connectivity index (χ0) is 22.1. The number of nitrogens with one attached hydrogen (secondary N) is 2. The molecule has 3 atom stereocenters. The standard InChI is InChI=1S/C27H31N3O2/c1-18(25(31)10-9-23-16-20-17-28-14-11-24(20)30-23)29-26(32)19-7-8-22(15-19)27(12-13-27)21-5-3-2-4-6-21/h2-6,11,14,16-19,22,30H,7-10,12-13,15H2,1H3,(H,29,32)/t18-,19+,22+/m0/s1. The first-order valence-corrected chi connectivity index (χ1v) is 11.9. The lowest BCUT2D eigenvalue weighted by atomic mass is 9.81. The molecule has 2 fully saturated rings. The molecule has 2 aliphatic rings. The number of carbonyl (C=O) groups is 2. The number of pyridine rings is 1. The number of benzene rings is 1. The van der Waals surface area contributed by atoms with E-state index in [1.165, 1.54) is 18.4 Å². The molecular weight excluding hydrogens is 398 g/mol. The van der Waals surface area contributed by atoms with Crippen molar-refractivity contribution in [2.75, 3.05) is 0 Å². The molecule has 0 radical (unpaired) electrons. The van der Waals surface area contributed by atoms with Crippen LogP contribution >= 0.6 is 0 Å². The third-order valence-electron chi connectivity index (χ3n) is 7.68. The number of nitrogens with zero attached hydrogens (tertiary/aromatic N) is 1. The monoisotopic (exact) mass is 429 g/mol. The predicted molar refractivity (Wildman–Crippen MR) is 125 cm³/mol. The van der Waals surface area contributed by atoms with Gasteiger partial charge in [-0.05, 0) is 74.5 Å². The van der Waals surface area contributed by atoms with E-state index in [1.807, 2.05) is 25.3 Å². The normalized spacial score (nSPS) is 22.5. The first-order valence-electron chi connectivity index (χ1n) is 11.9. The quantitative estimate of drug-likeness (QED) is 0.544. The van der Waals surface area contributed by atoms with E-state index in [2.05, 4.69) is 45.6 Å². The van der Waals surface area contributed by atoms with Gasteiger partial charge in [0.15, 0.2) is 5.78 Å². The fourth-order valence-corrected chi connectivity index (χ4v) is 5.61. The minimum atomic E-state index is -0.448. The van der Waals surface area contributed by atoms with Crippen LogP contribution in [0.4, 0.5) is 0 Å². The Hall–Kier alpha value is -2.95. The Labute approximate surface area is 189 Å². The second-order valence-corrected chi connectivity index (χ2v) is 9.68. The van der Waals surface area contributed by atoms with E-state index in [1.54, 1.807) is 6.20 Å². The van der Waals surface area contributed by atoms with E-state index in [9.17, 15) is 9.59 Å². The number of aromatic nitrogens is 2. The third-order valence-corrected chi connectivity index (χ3v) is 7.68. The molecule has 2 heterocycles. The van der Waals surface area contributed by atoms with E-state index in [0.717, 1.165) is 35.9 Å². The molecule has 0 spiro atoms. The van der Waals surface area contributed by atoms with Crippen LogP contribution in [0, 0.1) is 11.8 Å². The van der Waals surface area contributed by atoms with Crippen molar-refractivity contribution in [3.8, 4) is 0 Å². The minimum absolute atomic E-state index is 0.0256. The van der Waals surface area contributed by atoms with Crippen molar-refractivity contribution < 1.29 is 9.59 Å². The largest absolute Gasteiger partial charge is 0.358 e. The second-order valence-electron chi connectivity index (χ2n) is 9.68. The van der Waals surface area contributed by atoms with Gasteiger partial charge >= 0.3 is 0 Å². The van der Waals surface area contributed by atoms with Gasteiger partial charge in [0, 0.05) is 41.3 Å². The molecule has 2 N–H and O–H groups in total. The lowest BCUT2D eigenvalue weighted by molar-refractivity contribution is -0.129. The first-order chi connectivity index (χ1) is 15.5. The minimum Gasteiger partial charge on any atom is -0.358 e. The Morgan fingerprint density at radius 1 is 1.19 bits per heavy atom. The molecule has 2 saturated carbocycles. The number of amides is 1. The molecule has 3 aromatic rings. The number of H-pyrrole nitrogens is 1. The summed E-state index contributed by atoms with van der Waals surface area (Å²) in [5, 5.41) is 4.06. The van der Waals surface area contributed by atoms with E-state index in [-0.39, 0.29) is 23.0 Å². The van der Waals surface area contributed by atoms with Crippen LogP contribution in [0.5, 0.6) is 0 Å². The van der Waals surface area contributed by atoms with Gasteiger partial charge in [0.25, 0.3) is 0 Å². The summed E-state index contributed by atoms with van der Waals surface area (Å²) < 4.78 is 0. The van der Waals surface area contributed by atoms with E-state index in [0.29, 0.717) is 18.8 Å². The van der Waals surface area contributed by atoms with Gasteiger partial charge in [-0.1, -0.05) is 30.3 Å². The Bertz CT molecular complexity index is 1080. The van der Waals surface area contributed by atoms with Crippen molar-refractivity contribution in [2.24, 2.45) is 11.8 Å². The average molecular weight is 430 g/mol. The number of ketones is 1. The molecule has 0 bridgehead atoms. The van der Waals surface area contributed by atoms with Crippen LogP contribution < -0.4 is 5.32 Å². The second kappa shape index (κ2) is 8.53. The van der Waals surface area contributed by atoms with Crippen LogP contribution in [-0.2, 0) is 21.4 Å². The molecule has 5 heteroatoms. The van der Waals surface area contributed by atoms with Gasteiger partial charge in [-0.25, -0.2) is 0 Å². The highest BCUT2D eigenvalue weighted by Gasteiger charge is 2.52. The number of aromatic amines is 1. The van der Waals surface area contributed by atoms with E-state index in [4.69, 9.17) is 0 Å². The van der Waals surface area contributed by atoms with Crippen LogP contribution in [0.15, 0.2) is 54.9 Å². The molecule has 5 nitrogen and oxygen atoms in total. The van der Waals surface area contributed by atoms with Gasteiger partial charge in [0.05, 0.1) is 6.04 Å². The number of rotatable bonds is 8. The molecule has 32 heavy (non-hydrogen) atoms. The van der Waals surface area contributed by atoms with E-state index < -0.39 is 6.04 Å². The smallest absolute Gasteiger partial charge is 0.223 e. The lowest BCUT2D eigenvalue weighted by Crippen LogP contribution is -2.41. The number of carbonyl (C=O) groups excluding carboxylic acids is 2. The van der Waals surface area contributed by atoms with Crippen molar-refractivity contribution >= 4 is 22.6 Å². The Balaban J connectivity index is 1.12. The fourth-order valence-electron chi connectivity index (χ4n) is 5.61. The number of aryl methyl sites for hydroxylation is 1. The first kappa shape index (κ1) is 20.9. The van der Waals surface area contributed by atoms with Gasteiger partial charge in [0.2, 0.25) is 5.91 Å². The van der Waals surface area contributed by atoms with Crippen molar-refractivity contribution in [3.05, 3.63) is 66.1 Å². The van der Waals surface area contributed by atoms with Crippen molar-refractivity contribution in [3.63, 3.8) is 0 Å². The van der Waals surface area contributed by atoms with E-state index >= 15 is 0 Å². The summed E-state index contributed by atoms with van der Waals surface area (Å²) in [6.07, 6.45) is 10.0. The summed E-state index contributed by atoms with van der Waals surface area (Å²) in [6, 6.07) is 14.3. The summed E-state index contributed by atoms with van der Waals surface area (Å²) >= 11 is 0.